The fourth-order valence-corrected chi connectivity index (χ4v) is 3.00. The zero-order valence-electron chi connectivity index (χ0n) is 13.4. The number of piperazine rings is 1. The first-order valence-electron chi connectivity index (χ1n) is 8.08. The topological polar surface area (TPSA) is 69.9 Å². The van der Waals surface area contributed by atoms with Crippen molar-refractivity contribution < 1.29 is 10.0 Å². The van der Waals surface area contributed by atoms with Gasteiger partial charge in [-0.3, -0.25) is 15.0 Å². The van der Waals surface area contributed by atoms with Gasteiger partial charge in [-0.15, -0.1) is 0 Å². The molecule has 1 aliphatic rings. The number of rotatable bonds is 5. The number of aliphatic hydroxyl groups is 1. The Balaban J connectivity index is 1.53. The van der Waals surface area contributed by atoms with Gasteiger partial charge in [-0.05, 0) is 17.7 Å². The molecule has 0 aromatic heterocycles. The van der Waals surface area contributed by atoms with E-state index in [1.165, 1.54) is 0 Å². The second kappa shape index (κ2) is 7.42. The number of anilines is 1. The average Bonchev–Trinajstić information content (AvgIpc) is 2.63. The summed E-state index contributed by atoms with van der Waals surface area (Å²) in [4.78, 5) is 14.8. The molecule has 126 valence electrons. The molecule has 0 bridgehead atoms. The van der Waals surface area contributed by atoms with Crippen molar-refractivity contribution in [1.82, 2.24) is 4.90 Å². The fraction of sp³-hybridized carbons (Fsp3) is 0.333. The molecule has 2 aromatic carbocycles. The third kappa shape index (κ3) is 3.90. The number of benzene rings is 2. The maximum absolute atomic E-state index is 10.7. The van der Waals surface area contributed by atoms with E-state index in [4.69, 9.17) is 0 Å². The zero-order valence-corrected chi connectivity index (χ0v) is 13.4. The minimum atomic E-state index is -0.475. The predicted octanol–water partition coefficient (Wildman–Crippen LogP) is 2.45. The highest BCUT2D eigenvalue weighted by atomic mass is 16.6. The monoisotopic (exact) mass is 327 g/mol. The minimum Gasteiger partial charge on any atom is -0.387 e. The Morgan fingerprint density at radius 3 is 2.21 bits per heavy atom. The van der Waals surface area contributed by atoms with Crippen molar-refractivity contribution in [3.8, 4) is 0 Å². The zero-order chi connectivity index (χ0) is 16.9. The van der Waals surface area contributed by atoms with E-state index in [2.05, 4.69) is 9.80 Å². The predicted molar refractivity (Wildman–Crippen MR) is 93.2 cm³/mol. The largest absolute Gasteiger partial charge is 0.387 e. The summed E-state index contributed by atoms with van der Waals surface area (Å²) >= 11 is 0. The van der Waals surface area contributed by atoms with Gasteiger partial charge in [0.1, 0.15) is 0 Å². The second-order valence-electron chi connectivity index (χ2n) is 5.99. The van der Waals surface area contributed by atoms with E-state index >= 15 is 0 Å². The van der Waals surface area contributed by atoms with Crippen molar-refractivity contribution in [1.29, 1.82) is 0 Å². The van der Waals surface area contributed by atoms with Crippen molar-refractivity contribution in [2.45, 2.75) is 6.10 Å². The van der Waals surface area contributed by atoms with Crippen LogP contribution >= 0.6 is 0 Å². The number of hydrogen-bond donors (Lipinski definition) is 1. The van der Waals surface area contributed by atoms with Crippen LogP contribution < -0.4 is 4.90 Å². The molecule has 0 unspecified atom stereocenters. The first kappa shape index (κ1) is 16.4. The number of non-ortho nitro benzene ring substituents is 1. The van der Waals surface area contributed by atoms with E-state index in [-0.39, 0.29) is 10.6 Å². The molecule has 6 heteroatoms. The van der Waals surface area contributed by atoms with Gasteiger partial charge < -0.3 is 10.0 Å². The van der Waals surface area contributed by atoms with Crippen LogP contribution in [-0.2, 0) is 0 Å². The number of nitrogens with zero attached hydrogens (tertiary/aromatic N) is 3. The van der Waals surface area contributed by atoms with E-state index in [1.807, 2.05) is 30.3 Å². The minimum absolute atomic E-state index is 0.114. The third-order valence-electron chi connectivity index (χ3n) is 4.41. The maximum atomic E-state index is 10.7. The first-order valence-corrected chi connectivity index (χ1v) is 8.08. The Hall–Kier alpha value is -2.44. The molecule has 1 N–H and O–H groups in total. The summed E-state index contributed by atoms with van der Waals surface area (Å²) in [5, 5.41) is 21.0. The lowest BCUT2D eigenvalue weighted by Crippen LogP contribution is -2.47. The molecular formula is C18H21N3O3. The molecule has 0 aliphatic carbocycles. The molecule has 1 atom stereocenters. The maximum Gasteiger partial charge on any atom is 0.269 e. The molecule has 0 amide bonds. The van der Waals surface area contributed by atoms with Crippen LogP contribution in [0.25, 0.3) is 0 Å². The van der Waals surface area contributed by atoms with Crippen LogP contribution in [-0.4, -0.2) is 47.7 Å². The summed E-state index contributed by atoms with van der Waals surface area (Å²) in [7, 11) is 0. The molecule has 0 radical (unpaired) electrons. The number of nitro benzene ring substituents is 1. The van der Waals surface area contributed by atoms with Gasteiger partial charge in [-0.1, -0.05) is 30.3 Å². The lowest BCUT2D eigenvalue weighted by Gasteiger charge is -2.36. The van der Waals surface area contributed by atoms with Crippen molar-refractivity contribution >= 4 is 11.4 Å². The number of β-amino-alcohol motifs (C(OH)–C–C–N with tert-alkyl or cyclic N) is 1. The quantitative estimate of drug-likeness (QED) is 0.675. The first-order chi connectivity index (χ1) is 11.6. The SMILES string of the molecule is O=[N+]([O-])c1ccc(N2CCN(C[C@H](O)c3ccccc3)CC2)cc1. The Morgan fingerprint density at radius 1 is 1.00 bits per heavy atom. The van der Waals surface area contributed by atoms with Crippen LogP contribution in [0.2, 0.25) is 0 Å². The Kier molecular flexibility index (Phi) is 5.08. The van der Waals surface area contributed by atoms with Gasteiger partial charge in [0.25, 0.3) is 5.69 Å². The third-order valence-corrected chi connectivity index (χ3v) is 4.41. The van der Waals surface area contributed by atoms with Crippen molar-refractivity contribution in [2.24, 2.45) is 0 Å². The highest BCUT2D eigenvalue weighted by Gasteiger charge is 2.20. The molecule has 1 aliphatic heterocycles. The van der Waals surface area contributed by atoms with Crippen molar-refractivity contribution in [3.63, 3.8) is 0 Å². The summed E-state index contributed by atoms with van der Waals surface area (Å²) in [6.07, 6.45) is -0.475. The van der Waals surface area contributed by atoms with E-state index < -0.39 is 6.10 Å². The lowest BCUT2D eigenvalue weighted by molar-refractivity contribution is -0.384. The Morgan fingerprint density at radius 2 is 1.62 bits per heavy atom. The van der Waals surface area contributed by atoms with Crippen LogP contribution in [0, 0.1) is 10.1 Å². The molecule has 6 nitrogen and oxygen atoms in total. The molecular weight excluding hydrogens is 306 g/mol. The van der Waals surface area contributed by atoms with Gasteiger partial charge in [0, 0.05) is 50.5 Å². The Bertz CT molecular complexity index is 668. The highest BCUT2D eigenvalue weighted by Crippen LogP contribution is 2.21. The lowest BCUT2D eigenvalue weighted by atomic mass is 10.1. The van der Waals surface area contributed by atoms with E-state index in [0.717, 1.165) is 37.4 Å². The molecule has 1 saturated heterocycles. The molecule has 3 rings (SSSR count). The van der Waals surface area contributed by atoms with Crippen molar-refractivity contribution in [3.05, 3.63) is 70.3 Å². The highest BCUT2D eigenvalue weighted by molar-refractivity contribution is 5.51. The normalized spacial score (nSPS) is 16.8. The fourth-order valence-electron chi connectivity index (χ4n) is 3.00. The van der Waals surface area contributed by atoms with E-state index in [0.29, 0.717) is 6.54 Å². The molecule has 1 fully saturated rings. The molecule has 2 aromatic rings. The number of aliphatic hydroxyl groups excluding tert-OH is 1. The summed E-state index contributed by atoms with van der Waals surface area (Å²) in [6.45, 7) is 4.04. The van der Waals surface area contributed by atoms with Gasteiger partial charge in [0.05, 0.1) is 11.0 Å². The standard InChI is InChI=1S/C18H21N3O3/c22-18(15-4-2-1-3-5-15)14-19-10-12-20(13-11-19)16-6-8-17(9-7-16)21(23)24/h1-9,18,22H,10-14H2/t18-/m0/s1. The average molecular weight is 327 g/mol. The van der Waals surface area contributed by atoms with Crippen LogP contribution in [0.5, 0.6) is 0 Å². The second-order valence-corrected chi connectivity index (χ2v) is 5.99. The summed E-state index contributed by atoms with van der Waals surface area (Å²) in [5.41, 5.74) is 2.06. The summed E-state index contributed by atoms with van der Waals surface area (Å²) < 4.78 is 0. The van der Waals surface area contributed by atoms with Crippen LogP contribution in [0.1, 0.15) is 11.7 Å². The van der Waals surface area contributed by atoms with Gasteiger partial charge in [-0.2, -0.15) is 0 Å². The summed E-state index contributed by atoms with van der Waals surface area (Å²) in [6, 6.07) is 16.4. The van der Waals surface area contributed by atoms with Gasteiger partial charge in [0.2, 0.25) is 0 Å². The van der Waals surface area contributed by atoms with Gasteiger partial charge >= 0.3 is 0 Å². The summed E-state index contributed by atoms with van der Waals surface area (Å²) in [5.74, 6) is 0. The molecule has 0 spiro atoms. The molecule has 1 heterocycles. The smallest absolute Gasteiger partial charge is 0.269 e. The van der Waals surface area contributed by atoms with Crippen molar-refractivity contribution in [2.75, 3.05) is 37.6 Å². The molecule has 0 saturated carbocycles. The van der Waals surface area contributed by atoms with E-state index in [9.17, 15) is 15.2 Å². The van der Waals surface area contributed by atoms with Crippen LogP contribution in [0.4, 0.5) is 11.4 Å². The van der Waals surface area contributed by atoms with Gasteiger partial charge in [0.15, 0.2) is 0 Å². The van der Waals surface area contributed by atoms with Gasteiger partial charge in [-0.25, -0.2) is 0 Å². The van der Waals surface area contributed by atoms with Crippen LogP contribution in [0.3, 0.4) is 0 Å². The number of hydrogen-bond acceptors (Lipinski definition) is 5. The Labute approximate surface area is 141 Å². The van der Waals surface area contributed by atoms with E-state index in [1.54, 1.807) is 24.3 Å². The van der Waals surface area contributed by atoms with Crippen LogP contribution in [0.15, 0.2) is 54.6 Å². The molecule has 24 heavy (non-hydrogen) atoms. The number of nitro groups is 1.